The maximum atomic E-state index is 11.3. The normalized spacial score (nSPS) is 12.0. The highest BCUT2D eigenvalue weighted by molar-refractivity contribution is 6.30. The SMILES string of the molecule is CONC(=O)[C@H](C)Oc1ccc(Cl)cc1C. The van der Waals surface area contributed by atoms with E-state index in [2.05, 4.69) is 10.3 Å². The number of carbonyl (C=O) groups excluding carboxylic acids is 1. The predicted molar refractivity (Wildman–Crippen MR) is 61.4 cm³/mol. The lowest BCUT2D eigenvalue weighted by molar-refractivity contribution is -0.137. The Hall–Kier alpha value is -1.26. The van der Waals surface area contributed by atoms with Gasteiger partial charge in [-0.1, -0.05) is 11.6 Å². The largest absolute Gasteiger partial charge is 0.481 e. The molecular weight excluding hydrogens is 230 g/mol. The van der Waals surface area contributed by atoms with Gasteiger partial charge in [0.25, 0.3) is 5.91 Å². The van der Waals surface area contributed by atoms with Gasteiger partial charge in [-0.2, -0.15) is 0 Å². The highest BCUT2D eigenvalue weighted by Crippen LogP contribution is 2.22. The first kappa shape index (κ1) is 12.8. The van der Waals surface area contributed by atoms with Crippen molar-refractivity contribution in [2.24, 2.45) is 0 Å². The average Bonchev–Trinajstić information content (AvgIpc) is 2.22. The summed E-state index contributed by atoms with van der Waals surface area (Å²) in [6.45, 7) is 3.50. The fraction of sp³-hybridized carbons (Fsp3) is 0.364. The molecule has 88 valence electrons. The molecule has 1 atom stereocenters. The smallest absolute Gasteiger partial charge is 0.284 e. The summed E-state index contributed by atoms with van der Waals surface area (Å²) in [5.74, 6) is 0.292. The van der Waals surface area contributed by atoms with E-state index in [0.29, 0.717) is 10.8 Å². The summed E-state index contributed by atoms with van der Waals surface area (Å²) in [7, 11) is 1.37. The highest BCUT2D eigenvalue weighted by Gasteiger charge is 2.15. The number of rotatable bonds is 4. The summed E-state index contributed by atoms with van der Waals surface area (Å²) >= 11 is 5.81. The van der Waals surface area contributed by atoms with E-state index in [4.69, 9.17) is 16.3 Å². The first-order valence-corrected chi connectivity index (χ1v) is 5.18. The molecule has 0 aromatic heterocycles. The van der Waals surface area contributed by atoms with E-state index in [-0.39, 0.29) is 5.91 Å². The topological polar surface area (TPSA) is 47.6 Å². The molecule has 1 aromatic carbocycles. The van der Waals surface area contributed by atoms with Crippen LogP contribution in [0.15, 0.2) is 18.2 Å². The Kier molecular flexibility index (Phi) is 4.58. The lowest BCUT2D eigenvalue weighted by Crippen LogP contribution is -2.35. The van der Waals surface area contributed by atoms with E-state index in [1.165, 1.54) is 7.11 Å². The molecule has 0 unspecified atom stereocenters. The Morgan fingerprint density at radius 1 is 1.50 bits per heavy atom. The molecule has 5 heteroatoms. The molecule has 16 heavy (non-hydrogen) atoms. The lowest BCUT2D eigenvalue weighted by Gasteiger charge is -2.15. The van der Waals surface area contributed by atoms with Gasteiger partial charge in [0.05, 0.1) is 7.11 Å². The van der Waals surface area contributed by atoms with Crippen LogP contribution in [0.1, 0.15) is 12.5 Å². The molecule has 0 aliphatic heterocycles. The second-order valence-corrected chi connectivity index (χ2v) is 3.78. The van der Waals surface area contributed by atoms with Gasteiger partial charge in [0.15, 0.2) is 6.10 Å². The van der Waals surface area contributed by atoms with E-state index >= 15 is 0 Å². The minimum Gasteiger partial charge on any atom is -0.481 e. The summed E-state index contributed by atoms with van der Waals surface area (Å²) in [6.07, 6.45) is -0.625. The van der Waals surface area contributed by atoms with Crippen molar-refractivity contribution in [2.75, 3.05) is 7.11 Å². The summed E-state index contributed by atoms with van der Waals surface area (Å²) in [4.78, 5) is 15.8. The monoisotopic (exact) mass is 243 g/mol. The molecule has 0 saturated carbocycles. The van der Waals surface area contributed by atoms with Gasteiger partial charge in [0, 0.05) is 5.02 Å². The van der Waals surface area contributed by atoms with Gasteiger partial charge in [0.2, 0.25) is 0 Å². The number of halogens is 1. The first-order chi connectivity index (χ1) is 7.54. The van der Waals surface area contributed by atoms with Gasteiger partial charge in [-0.05, 0) is 37.6 Å². The van der Waals surface area contributed by atoms with Crippen LogP contribution in [-0.4, -0.2) is 19.1 Å². The standard InChI is InChI=1S/C11H14ClNO3/c1-7-6-9(12)4-5-10(7)16-8(2)11(14)13-15-3/h4-6,8H,1-3H3,(H,13,14)/t8-/m0/s1. The Morgan fingerprint density at radius 2 is 2.19 bits per heavy atom. The van der Waals surface area contributed by atoms with Gasteiger partial charge in [-0.25, -0.2) is 5.48 Å². The maximum Gasteiger partial charge on any atom is 0.284 e. The summed E-state index contributed by atoms with van der Waals surface area (Å²) in [5, 5.41) is 0.638. The fourth-order valence-corrected chi connectivity index (χ4v) is 1.40. The van der Waals surface area contributed by atoms with Crippen molar-refractivity contribution >= 4 is 17.5 Å². The molecule has 4 nitrogen and oxygen atoms in total. The van der Waals surface area contributed by atoms with Crippen molar-refractivity contribution in [1.29, 1.82) is 0 Å². The van der Waals surface area contributed by atoms with E-state index < -0.39 is 6.10 Å². The molecule has 0 fully saturated rings. The Bertz CT molecular complexity index is 381. The third-order valence-electron chi connectivity index (χ3n) is 2.01. The number of nitrogens with one attached hydrogen (secondary N) is 1. The first-order valence-electron chi connectivity index (χ1n) is 4.80. The van der Waals surface area contributed by atoms with Gasteiger partial charge in [-0.15, -0.1) is 0 Å². The van der Waals surface area contributed by atoms with E-state index in [1.807, 2.05) is 6.92 Å². The molecule has 1 rings (SSSR count). The maximum absolute atomic E-state index is 11.3. The minimum absolute atomic E-state index is 0.336. The summed E-state index contributed by atoms with van der Waals surface area (Å²) in [5.41, 5.74) is 3.09. The quantitative estimate of drug-likeness (QED) is 0.824. The zero-order chi connectivity index (χ0) is 12.1. The molecule has 1 amide bonds. The van der Waals surface area contributed by atoms with Crippen LogP contribution in [0.4, 0.5) is 0 Å². The number of aryl methyl sites for hydroxylation is 1. The third-order valence-corrected chi connectivity index (χ3v) is 2.25. The van der Waals surface area contributed by atoms with Crippen LogP contribution in [0.3, 0.4) is 0 Å². The molecule has 0 aliphatic rings. The van der Waals surface area contributed by atoms with Crippen molar-refractivity contribution < 1.29 is 14.4 Å². The second kappa shape index (κ2) is 5.72. The van der Waals surface area contributed by atoms with Gasteiger partial charge >= 0.3 is 0 Å². The molecule has 0 radical (unpaired) electrons. The number of benzene rings is 1. The number of hydrogen-bond acceptors (Lipinski definition) is 3. The zero-order valence-corrected chi connectivity index (χ0v) is 10.2. The van der Waals surface area contributed by atoms with Crippen molar-refractivity contribution in [2.45, 2.75) is 20.0 Å². The average molecular weight is 244 g/mol. The predicted octanol–water partition coefficient (Wildman–Crippen LogP) is 2.09. The zero-order valence-electron chi connectivity index (χ0n) is 9.41. The Balaban J connectivity index is 2.69. The number of ether oxygens (including phenoxy) is 1. The van der Waals surface area contributed by atoms with Crippen LogP contribution in [0.5, 0.6) is 5.75 Å². The van der Waals surface area contributed by atoms with Crippen molar-refractivity contribution in [3.05, 3.63) is 28.8 Å². The number of hydrogen-bond donors (Lipinski definition) is 1. The van der Waals surface area contributed by atoms with Crippen LogP contribution >= 0.6 is 11.6 Å². The molecule has 1 aromatic rings. The summed E-state index contributed by atoms with van der Waals surface area (Å²) < 4.78 is 5.46. The highest BCUT2D eigenvalue weighted by atomic mass is 35.5. The fourth-order valence-electron chi connectivity index (χ4n) is 1.17. The van der Waals surface area contributed by atoms with Crippen LogP contribution in [0, 0.1) is 6.92 Å². The molecule has 0 saturated heterocycles. The van der Waals surface area contributed by atoms with Gasteiger partial charge in [-0.3, -0.25) is 9.63 Å². The van der Waals surface area contributed by atoms with E-state index in [0.717, 1.165) is 5.56 Å². The molecule has 1 N–H and O–H groups in total. The molecule has 0 heterocycles. The van der Waals surface area contributed by atoms with Crippen molar-refractivity contribution in [3.63, 3.8) is 0 Å². The molecule has 0 bridgehead atoms. The van der Waals surface area contributed by atoms with Crippen molar-refractivity contribution in [3.8, 4) is 5.75 Å². The number of hydroxylamine groups is 1. The van der Waals surface area contributed by atoms with E-state index in [9.17, 15) is 4.79 Å². The molecule has 0 spiro atoms. The Morgan fingerprint density at radius 3 is 2.75 bits per heavy atom. The van der Waals surface area contributed by atoms with Gasteiger partial charge < -0.3 is 4.74 Å². The van der Waals surface area contributed by atoms with Crippen LogP contribution in [0.2, 0.25) is 5.02 Å². The van der Waals surface area contributed by atoms with Crippen LogP contribution < -0.4 is 10.2 Å². The van der Waals surface area contributed by atoms with Crippen molar-refractivity contribution in [1.82, 2.24) is 5.48 Å². The molecule has 0 aliphatic carbocycles. The molecular formula is C11H14ClNO3. The third kappa shape index (κ3) is 3.40. The van der Waals surface area contributed by atoms with Gasteiger partial charge in [0.1, 0.15) is 5.75 Å². The summed E-state index contributed by atoms with van der Waals surface area (Å²) in [6, 6.07) is 5.22. The number of carbonyl (C=O) groups is 1. The van der Waals surface area contributed by atoms with Crippen LogP contribution in [0.25, 0.3) is 0 Å². The second-order valence-electron chi connectivity index (χ2n) is 3.34. The van der Waals surface area contributed by atoms with Crippen LogP contribution in [-0.2, 0) is 9.63 Å². The van der Waals surface area contributed by atoms with E-state index in [1.54, 1.807) is 25.1 Å². The Labute approximate surface area is 99.5 Å². The minimum atomic E-state index is -0.625. The lowest BCUT2D eigenvalue weighted by atomic mass is 10.2. The number of amides is 1.